The molecular weight excluding hydrogens is 278 g/mol. The first-order valence-electron chi connectivity index (χ1n) is 7.42. The van der Waals surface area contributed by atoms with Gasteiger partial charge in [0.05, 0.1) is 19.4 Å². The summed E-state index contributed by atoms with van der Waals surface area (Å²) < 4.78 is 10.4. The molecule has 22 heavy (non-hydrogen) atoms. The average Bonchev–Trinajstić information content (AvgIpc) is 3.26. The summed E-state index contributed by atoms with van der Waals surface area (Å²) in [5.41, 5.74) is 1.11. The normalized spacial score (nSPS) is 15.7. The van der Waals surface area contributed by atoms with Gasteiger partial charge >= 0.3 is 0 Å². The maximum Gasteiger partial charge on any atom is 0.244 e. The number of ether oxygens (including phenoxy) is 1. The predicted octanol–water partition coefficient (Wildman–Crippen LogP) is 3.57. The van der Waals surface area contributed by atoms with Crippen LogP contribution >= 0.6 is 0 Å². The highest BCUT2D eigenvalue weighted by atomic mass is 16.5. The molecule has 1 aliphatic rings. The van der Waals surface area contributed by atoms with Crippen molar-refractivity contribution in [2.75, 3.05) is 7.11 Å². The molecule has 1 atom stereocenters. The van der Waals surface area contributed by atoms with Crippen molar-refractivity contribution in [2.45, 2.75) is 18.9 Å². The summed E-state index contributed by atoms with van der Waals surface area (Å²) in [6.07, 6.45) is 7.07. The number of methoxy groups -OCH3 is 1. The van der Waals surface area contributed by atoms with Crippen molar-refractivity contribution >= 4 is 12.0 Å². The van der Waals surface area contributed by atoms with E-state index >= 15 is 0 Å². The number of nitrogens with one attached hydrogen (secondary N) is 1. The Morgan fingerprint density at radius 1 is 1.32 bits per heavy atom. The van der Waals surface area contributed by atoms with Gasteiger partial charge in [0.25, 0.3) is 0 Å². The maximum atomic E-state index is 12.1. The van der Waals surface area contributed by atoms with E-state index in [0.717, 1.165) is 24.2 Å². The minimum absolute atomic E-state index is 0.0552. The van der Waals surface area contributed by atoms with Crippen molar-refractivity contribution in [3.8, 4) is 5.75 Å². The van der Waals surface area contributed by atoms with Crippen LogP contribution in [0.4, 0.5) is 0 Å². The monoisotopic (exact) mass is 297 g/mol. The predicted molar refractivity (Wildman–Crippen MR) is 84.3 cm³/mol. The van der Waals surface area contributed by atoms with Crippen molar-refractivity contribution in [1.82, 2.24) is 5.32 Å². The molecule has 1 N–H and O–H groups in total. The minimum Gasteiger partial charge on any atom is -0.497 e. The van der Waals surface area contributed by atoms with Gasteiger partial charge in [-0.05, 0) is 54.7 Å². The number of rotatable bonds is 6. The second-order valence-electron chi connectivity index (χ2n) is 5.45. The van der Waals surface area contributed by atoms with Crippen LogP contribution < -0.4 is 10.1 Å². The molecule has 3 rings (SSSR count). The maximum absolute atomic E-state index is 12.1. The van der Waals surface area contributed by atoms with Crippen molar-refractivity contribution < 1.29 is 13.9 Å². The molecule has 1 aromatic carbocycles. The number of furan rings is 1. The van der Waals surface area contributed by atoms with Gasteiger partial charge in [-0.15, -0.1) is 0 Å². The third-order valence-corrected chi connectivity index (χ3v) is 3.81. The lowest BCUT2D eigenvalue weighted by Gasteiger charge is -2.18. The fourth-order valence-corrected chi connectivity index (χ4v) is 2.46. The summed E-state index contributed by atoms with van der Waals surface area (Å²) in [5.74, 6) is 1.91. The molecule has 1 heterocycles. The van der Waals surface area contributed by atoms with Gasteiger partial charge in [0.2, 0.25) is 5.91 Å². The Labute approximate surface area is 129 Å². The first kappa shape index (κ1) is 14.4. The zero-order valence-corrected chi connectivity index (χ0v) is 12.5. The van der Waals surface area contributed by atoms with Crippen LogP contribution in [0.15, 0.2) is 53.2 Å². The molecule has 0 spiro atoms. The fraction of sp³-hybridized carbons (Fsp3) is 0.278. The number of carbonyl (C=O) groups excluding carboxylic acids is 1. The van der Waals surface area contributed by atoms with Crippen LogP contribution in [-0.4, -0.2) is 13.0 Å². The molecule has 1 aliphatic carbocycles. The number of carbonyl (C=O) groups is 1. The van der Waals surface area contributed by atoms with Gasteiger partial charge in [-0.3, -0.25) is 4.79 Å². The van der Waals surface area contributed by atoms with E-state index in [1.165, 1.54) is 6.08 Å². The molecule has 1 fully saturated rings. The van der Waals surface area contributed by atoms with Crippen LogP contribution in [0.25, 0.3) is 6.08 Å². The van der Waals surface area contributed by atoms with E-state index in [9.17, 15) is 4.79 Å². The van der Waals surface area contributed by atoms with Gasteiger partial charge in [0, 0.05) is 6.08 Å². The lowest BCUT2D eigenvalue weighted by molar-refractivity contribution is -0.117. The molecule has 4 heteroatoms. The average molecular weight is 297 g/mol. The Balaban J connectivity index is 1.67. The third-order valence-electron chi connectivity index (χ3n) is 3.81. The van der Waals surface area contributed by atoms with Crippen molar-refractivity contribution in [3.05, 3.63) is 60.1 Å². The molecule has 4 nitrogen and oxygen atoms in total. The highest BCUT2D eigenvalue weighted by Gasteiger charge is 2.33. The van der Waals surface area contributed by atoms with Crippen molar-refractivity contribution in [2.24, 2.45) is 5.92 Å². The van der Waals surface area contributed by atoms with Gasteiger partial charge in [-0.1, -0.05) is 12.1 Å². The standard InChI is InChI=1S/C18H19NO3/c1-21-15-8-6-14(7-9-15)18(13-4-5-13)19-17(20)11-10-16-3-2-12-22-16/h2-3,6-13,18H,4-5H2,1H3,(H,19,20). The van der Waals surface area contributed by atoms with Crippen LogP contribution in [0.2, 0.25) is 0 Å². The van der Waals surface area contributed by atoms with Crippen LogP contribution in [0.5, 0.6) is 5.75 Å². The van der Waals surface area contributed by atoms with E-state index in [-0.39, 0.29) is 11.9 Å². The molecule has 1 unspecified atom stereocenters. The fourth-order valence-electron chi connectivity index (χ4n) is 2.46. The number of hydrogen-bond donors (Lipinski definition) is 1. The Morgan fingerprint density at radius 2 is 2.09 bits per heavy atom. The van der Waals surface area contributed by atoms with E-state index in [2.05, 4.69) is 5.32 Å². The molecule has 2 aromatic rings. The largest absolute Gasteiger partial charge is 0.497 e. The number of amides is 1. The van der Waals surface area contributed by atoms with Gasteiger partial charge in [0.15, 0.2) is 0 Å². The summed E-state index contributed by atoms with van der Waals surface area (Å²) in [7, 11) is 1.65. The van der Waals surface area contributed by atoms with E-state index in [0.29, 0.717) is 11.7 Å². The minimum atomic E-state index is -0.107. The first-order chi connectivity index (χ1) is 10.8. The Kier molecular flexibility index (Phi) is 4.28. The molecule has 0 bridgehead atoms. The van der Waals surface area contributed by atoms with Crippen LogP contribution in [0.1, 0.15) is 30.2 Å². The Hall–Kier alpha value is -2.49. The second kappa shape index (κ2) is 6.52. The quantitative estimate of drug-likeness (QED) is 0.829. The highest BCUT2D eigenvalue weighted by Crippen LogP contribution is 2.41. The molecular formula is C18H19NO3. The molecule has 1 amide bonds. The smallest absolute Gasteiger partial charge is 0.244 e. The zero-order valence-electron chi connectivity index (χ0n) is 12.5. The van der Waals surface area contributed by atoms with Gasteiger partial charge < -0.3 is 14.5 Å². The molecule has 1 aromatic heterocycles. The Bertz CT molecular complexity index is 639. The molecule has 0 saturated heterocycles. The van der Waals surface area contributed by atoms with E-state index < -0.39 is 0 Å². The van der Waals surface area contributed by atoms with Crippen LogP contribution in [0, 0.1) is 5.92 Å². The van der Waals surface area contributed by atoms with Gasteiger partial charge in [0.1, 0.15) is 11.5 Å². The topological polar surface area (TPSA) is 51.5 Å². The SMILES string of the molecule is COc1ccc(C(NC(=O)C=Cc2ccco2)C2CC2)cc1. The van der Waals surface area contributed by atoms with Gasteiger partial charge in [-0.2, -0.15) is 0 Å². The second-order valence-corrected chi connectivity index (χ2v) is 5.45. The van der Waals surface area contributed by atoms with E-state index in [1.807, 2.05) is 30.3 Å². The Morgan fingerprint density at radius 3 is 2.68 bits per heavy atom. The molecule has 1 saturated carbocycles. The number of hydrogen-bond acceptors (Lipinski definition) is 3. The number of benzene rings is 1. The zero-order chi connectivity index (χ0) is 15.4. The van der Waals surface area contributed by atoms with Crippen LogP contribution in [-0.2, 0) is 4.79 Å². The van der Waals surface area contributed by atoms with Crippen molar-refractivity contribution in [3.63, 3.8) is 0 Å². The highest BCUT2D eigenvalue weighted by molar-refractivity contribution is 5.91. The summed E-state index contributed by atoms with van der Waals surface area (Å²) in [4.78, 5) is 12.1. The molecule has 0 aliphatic heterocycles. The third kappa shape index (κ3) is 3.58. The first-order valence-corrected chi connectivity index (χ1v) is 7.42. The molecule has 114 valence electrons. The lowest BCUT2D eigenvalue weighted by atomic mass is 10.0. The molecule has 0 radical (unpaired) electrons. The van der Waals surface area contributed by atoms with Crippen LogP contribution in [0.3, 0.4) is 0 Å². The summed E-state index contributed by atoms with van der Waals surface area (Å²) >= 11 is 0. The van der Waals surface area contributed by atoms with Crippen molar-refractivity contribution in [1.29, 1.82) is 0 Å². The van der Waals surface area contributed by atoms with E-state index in [1.54, 1.807) is 25.5 Å². The van der Waals surface area contributed by atoms with Gasteiger partial charge in [-0.25, -0.2) is 0 Å². The lowest BCUT2D eigenvalue weighted by Crippen LogP contribution is -2.28. The summed E-state index contributed by atoms with van der Waals surface area (Å²) in [6.45, 7) is 0. The van der Waals surface area contributed by atoms with E-state index in [4.69, 9.17) is 9.15 Å². The summed E-state index contributed by atoms with van der Waals surface area (Å²) in [5, 5.41) is 3.09. The summed E-state index contributed by atoms with van der Waals surface area (Å²) in [6, 6.07) is 11.5.